The van der Waals surface area contributed by atoms with Crippen LogP contribution in [0.2, 0.25) is 0 Å². The summed E-state index contributed by atoms with van der Waals surface area (Å²) < 4.78 is 0. The molecule has 1 aromatic heterocycles. The zero-order valence-electron chi connectivity index (χ0n) is 19.2. The molecule has 0 amide bonds. The number of nitrogens with one attached hydrogen (secondary N) is 2. The molecular formula is C29H30N4. The Balaban J connectivity index is 1.70. The molecule has 33 heavy (non-hydrogen) atoms. The van der Waals surface area contributed by atoms with E-state index in [9.17, 15) is 0 Å². The standard InChI is InChI=1S/C29H30N4/c1-5-27(14-11-20(2)15-23-9-7-6-8-10-23)33-22(4)29(31)28-17-24(13-12-21(28)3)25-16-26(30)19-32-18-25/h5-14,16-19,31,33H,2,4,15,30H2,1,3H3/b14-11-,27-5+,31-29?. The summed E-state index contributed by atoms with van der Waals surface area (Å²) in [7, 11) is 0. The van der Waals surface area contributed by atoms with Crippen molar-refractivity contribution in [1.82, 2.24) is 10.3 Å². The van der Waals surface area contributed by atoms with E-state index in [1.807, 2.05) is 74.5 Å². The van der Waals surface area contributed by atoms with Gasteiger partial charge in [-0.25, -0.2) is 0 Å². The first-order valence-corrected chi connectivity index (χ1v) is 10.8. The fourth-order valence-corrected chi connectivity index (χ4v) is 3.42. The topological polar surface area (TPSA) is 74.8 Å². The lowest BCUT2D eigenvalue weighted by molar-refractivity contribution is 1.05. The van der Waals surface area contributed by atoms with Crippen LogP contribution in [0.15, 0.2) is 115 Å². The minimum absolute atomic E-state index is 0.335. The molecule has 0 aliphatic carbocycles. The van der Waals surface area contributed by atoms with Gasteiger partial charge in [0.1, 0.15) is 0 Å². The predicted octanol–water partition coefficient (Wildman–Crippen LogP) is 6.37. The Morgan fingerprint density at radius 2 is 1.79 bits per heavy atom. The van der Waals surface area contributed by atoms with Crippen LogP contribution in [-0.2, 0) is 6.42 Å². The van der Waals surface area contributed by atoms with E-state index < -0.39 is 0 Å². The van der Waals surface area contributed by atoms with Crippen LogP contribution in [0.5, 0.6) is 0 Å². The quantitative estimate of drug-likeness (QED) is 0.271. The van der Waals surface area contributed by atoms with Crippen molar-refractivity contribution in [1.29, 1.82) is 5.41 Å². The summed E-state index contributed by atoms with van der Waals surface area (Å²) in [6.07, 6.45) is 10.1. The van der Waals surface area contributed by atoms with Crippen molar-refractivity contribution in [3.8, 4) is 11.1 Å². The van der Waals surface area contributed by atoms with E-state index in [2.05, 4.69) is 35.6 Å². The van der Waals surface area contributed by atoms with Crippen molar-refractivity contribution in [2.45, 2.75) is 20.3 Å². The van der Waals surface area contributed by atoms with Crippen LogP contribution < -0.4 is 11.1 Å². The molecule has 166 valence electrons. The first-order chi connectivity index (χ1) is 15.9. The summed E-state index contributed by atoms with van der Waals surface area (Å²) in [6, 6.07) is 18.1. The van der Waals surface area contributed by atoms with Crippen molar-refractivity contribution >= 4 is 11.4 Å². The second-order valence-corrected chi connectivity index (χ2v) is 7.91. The second kappa shape index (κ2) is 10.9. The summed E-state index contributed by atoms with van der Waals surface area (Å²) in [5.41, 5.74) is 14.1. The van der Waals surface area contributed by atoms with Crippen molar-refractivity contribution in [3.63, 3.8) is 0 Å². The summed E-state index contributed by atoms with van der Waals surface area (Å²) >= 11 is 0. The largest absolute Gasteiger partial charge is 0.397 e. The Hall–Kier alpha value is -4.18. The number of nitrogens with two attached hydrogens (primary N) is 1. The van der Waals surface area contributed by atoms with E-state index in [-0.39, 0.29) is 0 Å². The molecule has 0 bridgehead atoms. The van der Waals surface area contributed by atoms with Crippen molar-refractivity contribution < 1.29 is 0 Å². The Morgan fingerprint density at radius 1 is 1.03 bits per heavy atom. The van der Waals surface area contributed by atoms with Crippen LogP contribution in [0, 0.1) is 12.3 Å². The van der Waals surface area contributed by atoms with Crippen LogP contribution in [0.3, 0.4) is 0 Å². The minimum Gasteiger partial charge on any atom is -0.397 e. The lowest BCUT2D eigenvalue weighted by Gasteiger charge is -2.15. The highest BCUT2D eigenvalue weighted by Crippen LogP contribution is 2.24. The number of rotatable bonds is 9. The van der Waals surface area contributed by atoms with Gasteiger partial charge in [0, 0.05) is 29.2 Å². The zero-order valence-corrected chi connectivity index (χ0v) is 19.2. The molecule has 0 aliphatic heterocycles. The smallest absolute Gasteiger partial charge is 0.0843 e. The third-order valence-electron chi connectivity index (χ3n) is 5.28. The Labute approximate surface area is 196 Å². The van der Waals surface area contributed by atoms with E-state index in [1.54, 1.807) is 12.4 Å². The van der Waals surface area contributed by atoms with Gasteiger partial charge in [-0.15, -0.1) is 0 Å². The number of nitrogen functional groups attached to an aromatic ring is 1. The second-order valence-electron chi connectivity index (χ2n) is 7.91. The van der Waals surface area contributed by atoms with Crippen molar-refractivity contribution in [3.05, 3.63) is 132 Å². The van der Waals surface area contributed by atoms with Crippen LogP contribution in [0.4, 0.5) is 5.69 Å². The first kappa shape index (κ1) is 23.5. The number of pyridine rings is 1. The number of nitrogens with zero attached hydrogens (tertiary/aromatic N) is 1. The number of aryl methyl sites for hydroxylation is 1. The number of aromatic nitrogens is 1. The molecular weight excluding hydrogens is 404 g/mol. The molecule has 3 rings (SSSR count). The molecule has 0 unspecified atom stereocenters. The molecule has 0 saturated heterocycles. The summed E-state index contributed by atoms with van der Waals surface area (Å²) in [6.45, 7) is 12.2. The van der Waals surface area contributed by atoms with Gasteiger partial charge in [-0.1, -0.05) is 73.3 Å². The fraction of sp³-hybridized carbons (Fsp3) is 0.103. The van der Waals surface area contributed by atoms with E-state index in [0.29, 0.717) is 17.1 Å². The van der Waals surface area contributed by atoms with E-state index in [0.717, 1.165) is 39.9 Å². The maximum Gasteiger partial charge on any atom is 0.0843 e. The van der Waals surface area contributed by atoms with Gasteiger partial charge in [0.05, 0.1) is 17.1 Å². The number of hydrogen-bond acceptors (Lipinski definition) is 4. The number of anilines is 1. The molecule has 1 heterocycles. The van der Waals surface area contributed by atoms with E-state index in [1.165, 1.54) is 5.56 Å². The normalized spacial score (nSPS) is 11.4. The predicted molar refractivity (Wildman–Crippen MR) is 140 cm³/mol. The molecule has 4 N–H and O–H groups in total. The van der Waals surface area contributed by atoms with Gasteiger partial charge in [0.2, 0.25) is 0 Å². The van der Waals surface area contributed by atoms with Gasteiger partial charge in [0.15, 0.2) is 0 Å². The Bertz CT molecular complexity index is 1230. The summed E-state index contributed by atoms with van der Waals surface area (Å²) in [4.78, 5) is 4.17. The van der Waals surface area contributed by atoms with Crippen LogP contribution in [-0.4, -0.2) is 10.7 Å². The first-order valence-electron chi connectivity index (χ1n) is 10.8. The lowest BCUT2D eigenvalue weighted by atomic mass is 9.96. The van der Waals surface area contributed by atoms with Gasteiger partial charge < -0.3 is 11.1 Å². The molecule has 0 spiro atoms. The highest BCUT2D eigenvalue weighted by molar-refractivity contribution is 6.11. The van der Waals surface area contributed by atoms with Gasteiger partial charge in [0.25, 0.3) is 0 Å². The SMILES string of the molecule is C=C(/C=C\C(=C/C)NC(=C)C(=N)c1cc(-c2cncc(N)c2)ccc1C)Cc1ccccc1. The van der Waals surface area contributed by atoms with Crippen molar-refractivity contribution in [2.24, 2.45) is 0 Å². The fourth-order valence-electron chi connectivity index (χ4n) is 3.42. The summed E-state index contributed by atoms with van der Waals surface area (Å²) in [5.74, 6) is 0. The molecule has 4 heteroatoms. The average Bonchev–Trinajstić information content (AvgIpc) is 2.82. The molecule has 0 saturated carbocycles. The van der Waals surface area contributed by atoms with Crippen LogP contribution in [0.1, 0.15) is 23.6 Å². The lowest BCUT2D eigenvalue weighted by Crippen LogP contribution is -2.19. The van der Waals surface area contributed by atoms with Gasteiger partial charge in [-0.05, 0) is 55.2 Å². The van der Waals surface area contributed by atoms with E-state index in [4.69, 9.17) is 11.1 Å². The van der Waals surface area contributed by atoms with Crippen LogP contribution >= 0.6 is 0 Å². The Morgan fingerprint density at radius 3 is 2.48 bits per heavy atom. The molecule has 0 aliphatic rings. The van der Waals surface area contributed by atoms with Crippen LogP contribution in [0.25, 0.3) is 11.1 Å². The van der Waals surface area contributed by atoms with Crippen molar-refractivity contribution in [2.75, 3.05) is 5.73 Å². The highest BCUT2D eigenvalue weighted by atomic mass is 14.9. The number of allylic oxidation sites excluding steroid dienone is 5. The molecule has 0 radical (unpaired) electrons. The monoisotopic (exact) mass is 434 g/mol. The van der Waals surface area contributed by atoms with E-state index >= 15 is 0 Å². The van der Waals surface area contributed by atoms with Gasteiger partial charge in [-0.2, -0.15) is 0 Å². The average molecular weight is 435 g/mol. The molecule has 0 atom stereocenters. The third kappa shape index (κ3) is 6.40. The molecule has 4 nitrogen and oxygen atoms in total. The highest BCUT2D eigenvalue weighted by Gasteiger charge is 2.12. The third-order valence-corrected chi connectivity index (χ3v) is 5.28. The number of hydrogen-bond donors (Lipinski definition) is 3. The Kier molecular flexibility index (Phi) is 7.77. The number of benzene rings is 2. The zero-order chi connectivity index (χ0) is 23.8. The maximum atomic E-state index is 8.74. The van der Waals surface area contributed by atoms with Gasteiger partial charge in [-0.3, -0.25) is 10.4 Å². The molecule has 2 aromatic carbocycles. The molecule has 0 fully saturated rings. The molecule has 3 aromatic rings. The minimum atomic E-state index is 0.335. The summed E-state index contributed by atoms with van der Waals surface area (Å²) in [5, 5.41) is 12.0. The maximum absolute atomic E-state index is 8.74. The van der Waals surface area contributed by atoms with Gasteiger partial charge >= 0.3 is 0 Å².